The van der Waals surface area contributed by atoms with Crippen molar-refractivity contribution in [1.29, 1.82) is 0 Å². The number of nitrogens with zero attached hydrogens (tertiary/aromatic N) is 4. The molecule has 1 atom stereocenters. The lowest BCUT2D eigenvalue weighted by molar-refractivity contribution is -0.114. The van der Waals surface area contributed by atoms with Gasteiger partial charge in [-0.1, -0.05) is 41.0 Å². The van der Waals surface area contributed by atoms with Crippen LogP contribution >= 0.6 is 69.0 Å². The summed E-state index contributed by atoms with van der Waals surface area (Å²) in [5, 5.41) is 2.88. The van der Waals surface area contributed by atoms with E-state index in [9.17, 15) is 4.79 Å². The Balaban J connectivity index is 1.73. The van der Waals surface area contributed by atoms with Crippen molar-refractivity contribution in [3.8, 4) is 0 Å². The summed E-state index contributed by atoms with van der Waals surface area (Å²) in [5.74, 6) is 0.725. The van der Waals surface area contributed by atoms with Gasteiger partial charge in [-0.15, -0.1) is 34.0 Å². The third-order valence-corrected chi connectivity index (χ3v) is 8.76. The normalized spacial score (nSPS) is 16.9. The molecule has 0 N–H and O–H groups in total. The first kappa shape index (κ1) is 22.0. The average Bonchev–Trinajstić information content (AvgIpc) is 3.44. The van der Waals surface area contributed by atoms with Gasteiger partial charge >= 0.3 is 0 Å². The third kappa shape index (κ3) is 4.81. The number of thiazole rings is 2. The summed E-state index contributed by atoms with van der Waals surface area (Å²) in [6.45, 7) is 4.07. The van der Waals surface area contributed by atoms with Gasteiger partial charge in [-0.2, -0.15) is 0 Å². The van der Waals surface area contributed by atoms with Crippen molar-refractivity contribution >= 4 is 79.9 Å². The molecular weight excluding hydrogens is 499 g/mol. The van der Waals surface area contributed by atoms with Crippen molar-refractivity contribution < 1.29 is 4.79 Å². The highest BCUT2D eigenvalue weighted by Gasteiger charge is 2.35. The molecule has 0 fully saturated rings. The molecule has 0 amide bonds. The molecule has 4 heterocycles. The van der Waals surface area contributed by atoms with E-state index in [2.05, 4.69) is 20.9 Å². The van der Waals surface area contributed by atoms with E-state index in [1.807, 2.05) is 18.4 Å². The minimum atomic E-state index is -0.201. The summed E-state index contributed by atoms with van der Waals surface area (Å²) in [4.78, 5) is 31.1. The minimum absolute atomic E-state index is 0.0280. The second-order valence-corrected chi connectivity index (χ2v) is 11.8. The molecule has 0 aliphatic carbocycles. The Bertz CT molecular complexity index is 1120. The quantitative estimate of drug-likeness (QED) is 0.367. The van der Waals surface area contributed by atoms with Crippen molar-refractivity contribution in [2.45, 2.75) is 32.2 Å². The third-order valence-electron chi connectivity index (χ3n) is 4.40. The second kappa shape index (κ2) is 9.50. The van der Waals surface area contributed by atoms with Gasteiger partial charge in [-0.3, -0.25) is 4.79 Å². The van der Waals surface area contributed by atoms with Gasteiger partial charge in [0, 0.05) is 44.0 Å². The number of carbonyl (C=O) groups is 1. The zero-order valence-corrected chi connectivity index (χ0v) is 20.7. The Labute approximate surface area is 200 Å². The average molecular weight is 516 g/mol. The number of allylic oxidation sites excluding steroid dienone is 1. The molecule has 11 heteroatoms. The lowest BCUT2D eigenvalue weighted by atomic mass is 9.97. The largest absolute Gasteiger partial charge is 0.334 e. The highest BCUT2D eigenvalue weighted by Crippen LogP contribution is 2.41. The predicted octanol–water partition coefficient (Wildman–Crippen LogP) is 6.68. The van der Waals surface area contributed by atoms with Crippen LogP contribution in [0.3, 0.4) is 0 Å². The molecule has 5 nitrogen and oxygen atoms in total. The highest BCUT2D eigenvalue weighted by molar-refractivity contribution is 8.13. The molecule has 0 radical (unpaired) electrons. The number of ketones is 1. The van der Waals surface area contributed by atoms with Gasteiger partial charge < -0.3 is 4.90 Å². The van der Waals surface area contributed by atoms with Crippen LogP contribution in [0.1, 0.15) is 34.5 Å². The first-order chi connectivity index (χ1) is 14.4. The van der Waals surface area contributed by atoms with Crippen LogP contribution in [0.4, 0.5) is 0 Å². The Hall–Kier alpha value is -1.23. The molecule has 1 aliphatic heterocycles. The van der Waals surface area contributed by atoms with E-state index < -0.39 is 0 Å². The number of Topliss-reactive ketones (excluding diaryl/α,β-unsaturated/α-hetero) is 1. The SMILES string of the molecule is CC(=O)C1=C(C)N=C(SCc2cnc(Cl)s2)N(Cc2cnc(Cl)s2)C1c1cccs1. The summed E-state index contributed by atoms with van der Waals surface area (Å²) in [6.07, 6.45) is 3.57. The molecule has 4 rings (SSSR count). The van der Waals surface area contributed by atoms with Crippen LogP contribution in [0.5, 0.6) is 0 Å². The van der Waals surface area contributed by atoms with E-state index >= 15 is 0 Å². The van der Waals surface area contributed by atoms with E-state index in [0.29, 0.717) is 21.2 Å². The maximum atomic E-state index is 12.6. The highest BCUT2D eigenvalue weighted by atomic mass is 35.5. The van der Waals surface area contributed by atoms with Crippen LogP contribution in [0, 0.1) is 0 Å². The first-order valence-corrected chi connectivity index (χ1v) is 13.1. The van der Waals surface area contributed by atoms with Crippen molar-refractivity contribution in [1.82, 2.24) is 14.9 Å². The number of thiophene rings is 1. The maximum Gasteiger partial charge on any atom is 0.183 e. The van der Waals surface area contributed by atoms with Gasteiger partial charge in [-0.05, 0) is 25.3 Å². The number of rotatable bonds is 6. The standard InChI is InChI=1S/C19H16Cl2N4OS4/c1-10-15(11(2)26)16(14-4-3-5-27-14)25(8-12-6-22-17(20)29-12)19(24-10)28-9-13-7-23-18(21)30-13/h3-7,16H,8-9H2,1-2H3. The van der Waals surface area contributed by atoms with Crippen LogP contribution in [-0.2, 0) is 17.1 Å². The van der Waals surface area contributed by atoms with Gasteiger partial charge in [0.25, 0.3) is 0 Å². The molecule has 3 aromatic rings. The van der Waals surface area contributed by atoms with E-state index in [-0.39, 0.29) is 11.8 Å². The summed E-state index contributed by atoms with van der Waals surface area (Å²) in [5.41, 5.74) is 1.47. The minimum Gasteiger partial charge on any atom is -0.334 e. The molecule has 30 heavy (non-hydrogen) atoms. The summed E-state index contributed by atoms with van der Waals surface area (Å²) < 4.78 is 1.03. The number of amidine groups is 1. The van der Waals surface area contributed by atoms with Gasteiger partial charge in [0.1, 0.15) is 0 Å². The number of hydrogen-bond acceptors (Lipinski definition) is 9. The van der Waals surface area contributed by atoms with Crippen molar-refractivity contribution in [2.24, 2.45) is 4.99 Å². The van der Waals surface area contributed by atoms with E-state index in [4.69, 9.17) is 28.2 Å². The number of aromatic nitrogens is 2. The zero-order chi connectivity index (χ0) is 21.3. The predicted molar refractivity (Wildman–Crippen MR) is 129 cm³/mol. The van der Waals surface area contributed by atoms with Crippen LogP contribution in [0.15, 0.2) is 46.2 Å². The lowest BCUT2D eigenvalue weighted by Crippen LogP contribution is -2.37. The lowest BCUT2D eigenvalue weighted by Gasteiger charge is -2.37. The van der Waals surface area contributed by atoms with Crippen LogP contribution in [0.25, 0.3) is 0 Å². The monoisotopic (exact) mass is 514 g/mol. The molecule has 1 unspecified atom stereocenters. The Morgan fingerprint density at radius 1 is 1.20 bits per heavy atom. The molecule has 156 valence electrons. The number of halogens is 2. The van der Waals surface area contributed by atoms with Gasteiger partial charge in [0.15, 0.2) is 19.9 Å². The van der Waals surface area contributed by atoms with Crippen molar-refractivity contribution in [3.63, 3.8) is 0 Å². The van der Waals surface area contributed by atoms with Crippen LogP contribution in [-0.4, -0.2) is 25.8 Å². The van der Waals surface area contributed by atoms with Crippen LogP contribution < -0.4 is 0 Å². The van der Waals surface area contributed by atoms with Gasteiger partial charge in [0.05, 0.1) is 12.6 Å². The maximum absolute atomic E-state index is 12.6. The first-order valence-electron chi connectivity index (χ1n) is 8.86. The Morgan fingerprint density at radius 2 is 1.90 bits per heavy atom. The fraction of sp³-hybridized carbons (Fsp3) is 0.263. The van der Waals surface area contributed by atoms with E-state index in [1.165, 1.54) is 22.7 Å². The van der Waals surface area contributed by atoms with Crippen LogP contribution in [0.2, 0.25) is 8.93 Å². The second-order valence-electron chi connectivity index (χ2n) is 6.44. The van der Waals surface area contributed by atoms with Gasteiger partial charge in [-0.25, -0.2) is 15.0 Å². The Kier molecular flexibility index (Phi) is 6.96. The topological polar surface area (TPSA) is 58.5 Å². The smallest absolute Gasteiger partial charge is 0.183 e. The fourth-order valence-electron chi connectivity index (χ4n) is 3.21. The molecule has 0 spiro atoms. The molecule has 0 aromatic carbocycles. The zero-order valence-electron chi connectivity index (χ0n) is 16.0. The number of hydrogen-bond donors (Lipinski definition) is 0. The Morgan fingerprint density at radius 3 is 2.47 bits per heavy atom. The molecule has 0 saturated heterocycles. The van der Waals surface area contributed by atoms with Crippen molar-refractivity contribution in [2.75, 3.05) is 0 Å². The fourth-order valence-corrected chi connectivity index (χ4v) is 7.10. The number of carbonyl (C=O) groups excluding carboxylic acids is 1. The van der Waals surface area contributed by atoms with Gasteiger partial charge in [0.2, 0.25) is 0 Å². The molecular formula is C19H16Cl2N4OS4. The summed E-state index contributed by atoms with van der Waals surface area (Å²) in [6, 6.07) is 3.87. The number of aliphatic imine (C=N–C) groups is 1. The van der Waals surface area contributed by atoms with Crippen molar-refractivity contribution in [3.05, 3.63) is 64.7 Å². The number of thioether (sulfide) groups is 1. The summed E-state index contributed by atoms with van der Waals surface area (Å²) >= 11 is 18.2. The molecule has 1 aliphatic rings. The summed E-state index contributed by atoms with van der Waals surface area (Å²) in [7, 11) is 0. The molecule has 3 aromatic heterocycles. The van der Waals surface area contributed by atoms with E-state index in [0.717, 1.165) is 31.1 Å². The molecule has 0 saturated carbocycles. The van der Waals surface area contributed by atoms with E-state index in [1.54, 1.807) is 42.4 Å². The molecule has 0 bridgehead atoms.